The fraction of sp³-hybridized carbons (Fsp3) is 0.217. The fourth-order valence-corrected chi connectivity index (χ4v) is 3.62. The second-order valence-corrected chi connectivity index (χ2v) is 7.30. The number of nitrogens with zero attached hydrogens (tertiary/aromatic N) is 1. The second kappa shape index (κ2) is 7.91. The van der Waals surface area contributed by atoms with Crippen LogP contribution in [0.25, 0.3) is 11.1 Å². The Hall–Kier alpha value is -3.19. The van der Waals surface area contributed by atoms with Crippen molar-refractivity contribution in [2.75, 3.05) is 5.32 Å². The lowest BCUT2D eigenvalue weighted by atomic mass is 9.88. The molecule has 154 valence electrons. The number of nitrogens with one attached hydrogen (secondary N) is 1. The van der Waals surface area contributed by atoms with E-state index in [0.29, 0.717) is 29.7 Å². The van der Waals surface area contributed by atoms with Gasteiger partial charge in [-0.3, -0.25) is 9.78 Å². The number of anilines is 1. The highest BCUT2D eigenvalue weighted by molar-refractivity contribution is 6.03. The van der Waals surface area contributed by atoms with E-state index in [9.17, 15) is 23.1 Å². The van der Waals surface area contributed by atoms with Gasteiger partial charge in [0.25, 0.3) is 5.91 Å². The smallest absolute Gasteiger partial charge is 0.393 e. The summed E-state index contributed by atoms with van der Waals surface area (Å²) in [7, 11) is 0. The number of halogens is 3. The van der Waals surface area contributed by atoms with Crippen molar-refractivity contribution in [3.63, 3.8) is 0 Å². The van der Waals surface area contributed by atoms with Gasteiger partial charge in [0.1, 0.15) is 5.69 Å². The lowest BCUT2D eigenvalue weighted by Gasteiger charge is -2.23. The van der Waals surface area contributed by atoms with E-state index in [2.05, 4.69) is 10.3 Å². The Balaban J connectivity index is 1.50. The lowest BCUT2D eigenvalue weighted by molar-refractivity contribution is -0.137. The third-order valence-corrected chi connectivity index (χ3v) is 5.25. The topological polar surface area (TPSA) is 62.2 Å². The molecule has 2 N–H and O–H groups in total. The zero-order valence-corrected chi connectivity index (χ0v) is 15.9. The van der Waals surface area contributed by atoms with E-state index in [1.54, 1.807) is 12.1 Å². The van der Waals surface area contributed by atoms with Gasteiger partial charge in [0.05, 0.1) is 11.7 Å². The minimum atomic E-state index is -4.38. The molecule has 1 unspecified atom stereocenters. The van der Waals surface area contributed by atoms with Crippen LogP contribution in [0.4, 0.5) is 18.9 Å². The second-order valence-electron chi connectivity index (χ2n) is 7.30. The van der Waals surface area contributed by atoms with Gasteiger partial charge in [0.15, 0.2) is 0 Å². The van der Waals surface area contributed by atoms with E-state index in [0.717, 1.165) is 29.7 Å². The van der Waals surface area contributed by atoms with E-state index in [1.807, 2.05) is 12.1 Å². The summed E-state index contributed by atoms with van der Waals surface area (Å²) in [5.41, 5.74) is 3.37. The number of hydrogen-bond donors (Lipinski definition) is 2. The van der Waals surface area contributed by atoms with Crippen molar-refractivity contribution in [1.82, 2.24) is 4.98 Å². The zero-order chi connectivity index (χ0) is 21.3. The molecule has 4 rings (SSSR count). The van der Waals surface area contributed by atoms with Crippen molar-refractivity contribution in [3.05, 3.63) is 83.2 Å². The Bertz CT molecular complexity index is 1060. The van der Waals surface area contributed by atoms with Crippen LogP contribution in [0.5, 0.6) is 0 Å². The van der Waals surface area contributed by atoms with Crippen LogP contribution >= 0.6 is 0 Å². The summed E-state index contributed by atoms with van der Waals surface area (Å²) in [6, 6.07) is 13.6. The van der Waals surface area contributed by atoms with Crippen molar-refractivity contribution in [2.24, 2.45) is 0 Å². The summed E-state index contributed by atoms with van der Waals surface area (Å²) in [4.78, 5) is 16.8. The maximum absolute atomic E-state index is 12.7. The molecule has 0 spiro atoms. The lowest BCUT2D eigenvalue weighted by Crippen LogP contribution is -2.22. The summed E-state index contributed by atoms with van der Waals surface area (Å²) >= 11 is 0. The molecule has 4 nitrogen and oxygen atoms in total. The third-order valence-electron chi connectivity index (χ3n) is 5.25. The van der Waals surface area contributed by atoms with Gasteiger partial charge in [-0.2, -0.15) is 13.2 Å². The Morgan fingerprint density at radius 3 is 2.43 bits per heavy atom. The first-order valence-corrected chi connectivity index (χ1v) is 9.55. The van der Waals surface area contributed by atoms with Gasteiger partial charge in [-0.15, -0.1) is 0 Å². The molecule has 7 heteroatoms. The maximum Gasteiger partial charge on any atom is 0.416 e. The molecule has 0 radical (unpaired) electrons. The van der Waals surface area contributed by atoms with E-state index in [1.165, 1.54) is 24.4 Å². The summed E-state index contributed by atoms with van der Waals surface area (Å²) in [5.74, 6) is -0.387. The number of benzene rings is 2. The van der Waals surface area contributed by atoms with Crippen molar-refractivity contribution in [3.8, 4) is 11.1 Å². The van der Waals surface area contributed by atoms with E-state index >= 15 is 0 Å². The Morgan fingerprint density at radius 2 is 1.77 bits per heavy atom. The molecular weight excluding hydrogens is 393 g/mol. The Labute approximate surface area is 171 Å². The molecule has 1 aromatic heterocycles. The summed E-state index contributed by atoms with van der Waals surface area (Å²) in [5, 5.41) is 12.8. The van der Waals surface area contributed by atoms with Crippen LogP contribution in [-0.4, -0.2) is 22.1 Å². The molecule has 1 atom stereocenters. The number of alkyl halides is 3. The highest BCUT2D eigenvalue weighted by atomic mass is 19.4. The van der Waals surface area contributed by atoms with Crippen molar-refractivity contribution < 1.29 is 23.1 Å². The number of fused-ring (bicyclic) bond motifs is 1. The van der Waals surface area contributed by atoms with E-state index in [4.69, 9.17) is 0 Å². The van der Waals surface area contributed by atoms with Crippen LogP contribution in [0.3, 0.4) is 0 Å². The molecule has 0 aliphatic heterocycles. The van der Waals surface area contributed by atoms with Crippen LogP contribution < -0.4 is 5.32 Å². The zero-order valence-electron chi connectivity index (χ0n) is 15.9. The summed E-state index contributed by atoms with van der Waals surface area (Å²) in [6.45, 7) is 0. The van der Waals surface area contributed by atoms with Crippen molar-refractivity contribution in [2.45, 2.75) is 31.5 Å². The van der Waals surface area contributed by atoms with Crippen LogP contribution in [0.15, 0.2) is 60.8 Å². The number of rotatable bonds is 3. The average Bonchev–Trinajstić information content (AvgIpc) is 2.74. The average molecular weight is 412 g/mol. The monoisotopic (exact) mass is 412 g/mol. The molecule has 3 aromatic rings. The van der Waals surface area contributed by atoms with Gasteiger partial charge < -0.3 is 10.4 Å². The van der Waals surface area contributed by atoms with Crippen molar-refractivity contribution in [1.29, 1.82) is 0 Å². The number of aliphatic hydroxyl groups is 1. The molecule has 0 saturated heterocycles. The number of pyridine rings is 1. The SMILES string of the molecule is O=C(Nc1cccc2c1CC(O)CC2)c1ccc(-c2ccc(C(F)(F)F)cc2)cn1. The van der Waals surface area contributed by atoms with Gasteiger partial charge >= 0.3 is 6.18 Å². The highest BCUT2D eigenvalue weighted by Gasteiger charge is 2.30. The number of carbonyl (C=O) groups excluding carboxylic acids is 1. The minimum absolute atomic E-state index is 0.194. The van der Waals surface area contributed by atoms with Gasteiger partial charge in [0.2, 0.25) is 0 Å². The number of hydrogen-bond acceptors (Lipinski definition) is 3. The van der Waals surface area contributed by atoms with Crippen LogP contribution in [-0.2, 0) is 19.0 Å². The fourth-order valence-electron chi connectivity index (χ4n) is 3.62. The summed E-state index contributed by atoms with van der Waals surface area (Å²) in [6.07, 6.45) is -1.38. The molecule has 1 aliphatic rings. The van der Waals surface area contributed by atoms with Gasteiger partial charge in [-0.1, -0.05) is 30.3 Å². The molecule has 0 bridgehead atoms. The standard InChI is InChI=1S/C23H19F3N2O2/c24-23(25,26)17-8-4-14(5-9-17)16-7-11-21(27-13-16)22(30)28-20-3-1-2-15-6-10-18(29)12-19(15)20/h1-5,7-9,11,13,18,29H,6,10,12H2,(H,28,30). The molecule has 1 aliphatic carbocycles. The number of aliphatic hydroxyl groups excluding tert-OH is 1. The molecule has 0 fully saturated rings. The van der Waals surface area contributed by atoms with E-state index < -0.39 is 17.8 Å². The number of amides is 1. The van der Waals surface area contributed by atoms with Crippen molar-refractivity contribution >= 4 is 11.6 Å². The predicted octanol–water partition coefficient (Wildman–Crippen LogP) is 4.87. The van der Waals surface area contributed by atoms with Gasteiger partial charge in [-0.05, 0) is 53.8 Å². The van der Waals surface area contributed by atoms with Crippen LogP contribution in [0, 0.1) is 0 Å². The largest absolute Gasteiger partial charge is 0.416 e. The first-order valence-electron chi connectivity index (χ1n) is 9.55. The molecule has 2 aromatic carbocycles. The maximum atomic E-state index is 12.7. The number of carbonyl (C=O) groups is 1. The summed E-state index contributed by atoms with van der Waals surface area (Å²) < 4.78 is 38.1. The molecular formula is C23H19F3N2O2. The van der Waals surface area contributed by atoms with Gasteiger partial charge in [-0.25, -0.2) is 0 Å². The third kappa shape index (κ3) is 4.21. The normalized spacial score (nSPS) is 16.1. The number of aryl methyl sites for hydroxylation is 1. The number of aromatic nitrogens is 1. The Morgan fingerprint density at radius 1 is 1.03 bits per heavy atom. The van der Waals surface area contributed by atoms with Crippen LogP contribution in [0.2, 0.25) is 0 Å². The Kier molecular flexibility index (Phi) is 5.30. The molecule has 30 heavy (non-hydrogen) atoms. The molecule has 1 heterocycles. The minimum Gasteiger partial charge on any atom is -0.393 e. The molecule has 1 amide bonds. The first kappa shape index (κ1) is 20.1. The first-order chi connectivity index (χ1) is 14.3. The molecule has 0 saturated carbocycles. The predicted molar refractivity (Wildman–Crippen MR) is 107 cm³/mol. The van der Waals surface area contributed by atoms with E-state index in [-0.39, 0.29) is 11.6 Å². The quantitative estimate of drug-likeness (QED) is 0.645. The highest BCUT2D eigenvalue weighted by Crippen LogP contribution is 2.31. The van der Waals surface area contributed by atoms with Gasteiger partial charge in [0, 0.05) is 23.9 Å². The van der Waals surface area contributed by atoms with Crippen LogP contribution in [0.1, 0.15) is 33.6 Å².